The molecule has 3 atom stereocenters. The molecule has 0 bridgehead atoms. The van der Waals surface area contributed by atoms with Crippen molar-refractivity contribution in [2.24, 2.45) is 5.92 Å². The molecule has 6 nitrogen and oxygen atoms in total. The van der Waals surface area contributed by atoms with Crippen molar-refractivity contribution in [3.63, 3.8) is 0 Å². The largest absolute Gasteiger partial charge is 0.485 e. The van der Waals surface area contributed by atoms with Gasteiger partial charge in [0.15, 0.2) is 0 Å². The Bertz CT molecular complexity index is 1290. The minimum absolute atomic E-state index is 0.0341. The van der Waals surface area contributed by atoms with Crippen LogP contribution in [0.15, 0.2) is 54.7 Å². The average molecular weight is 515 g/mol. The molecule has 38 heavy (non-hydrogen) atoms. The zero-order valence-electron chi connectivity index (χ0n) is 22.7. The fraction of sp³-hybridized carbons (Fsp3) is 0.438. The molecule has 0 radical (unpaired) electrons. The van der Waals surface area contributed by atoms with E-state index in [4.69, 9.17) is 9.47 Å². The third-order valence-electron chi connectivity index (χ3n) is 8.11. The normalized spacial score (nSPS) is 20.3. The molecule has 2 unspecified atom stereocenters. The molecule has 1 N–H and O–H groups in total. The maximum absolute atomic E-state index is 11.3. The van der Waals surface area contributed by atoms with Gasteiger partial charge in [-0.1, -0.05) is 43.7 Å². The summed E-state index contributed by atoms with van der Waals surface area (Å²) in [5.41, 5.74) is 6.98. The summed E-state index contributed by atoms with van der Waals surface area (Å²) < 4.78 is 12.0. The fourth-order valence-electron chi connectivity index (χ4n) is 5.74. The van der Waals surface area contributed by atoms with Gasteiger partial charge in [0, 0.05) is 24.8 Å². The van der Waals surface area contributed by atoms with Crippen LogP contribution in [0.3, 0.4) is 0 Å². The van der Waals surface area contributed by atoms with Crippen molar-refractivity contribution < 1.29 is 19.4 Å². The minimum Gasteiger partial charge on any atom is -0.485 e. The SMILES string of the molecule is COc1cc(-c2ccc([C@@H]3CCc4ccc(CC(C)C(=O)O)cc4O3)cc2CN2CCCCC2C)ccn1. The van der Waals surface area contributed by atoms with E-state index in [1.54, 1.807) is 20.2 Å². The number of nitrogens with zero attached hydrogens (tertiary/aromatic N) is 2. The second kappa shape index (κ2) is 11.6. The summed E-state index contributed by atoms with van der Waals surface area (Å²) in [4.78, 5) is 18.2. The van der Waals surface area contributed by atoms with E-state index in [0.717, 1.165) is 42.8 Å². The molecule has 5 rings (SSSR count). The number of hydrogen-bond donors (Lipinski definition) is 1. The highest BCUT2D eigenvalue weighted by Gasteiger charge is 2.25. The number of likely N-dealkylation sites (tertiary alicyclic amines) is 1. The van der Waals surface area contributed by atoms with Gasteiger partial charge in [-0.2, -0.15) is 0 Å². The molecular weight excluding hydrogens is 476 g/mol. The highest BCUT2D eigenvalue weighted by atomic mass is 16.5. The van der Waals surface area contributed by atoms with Crippen molar-refractivity contribution in [2.45, 2.75) is 71.1 Å². The molecule has 2 aliphatic heterocycles. The third-order valence-corrected chi connectivity index (χ3v) is 8.11. The number of fused-ring (bicyclic) bond motifs is 1. The number of aryl methyl sites for hydroxylation is 1. The number of ether oxygens (including phenoxy) is 2. The van der Waals surface area contributed by atoms with Crippen LogP contribution >= 0.6 is 0 Å². The van der Waals surface area contributed by atoms with E-state index in [-0.39, 0.29) is 6.10 Å². The second-order valence-corrected chi connectivity index (χ2v) is 10.8. The number of rotatable bonds is 8. The van der Waals surface area contributed by atoms with Gasteiger partial charge in [0.05, 0.1) is 13.0 Å². The first kappa shape index (κ1) is 26.2. The molecule has 1 aromatic heterocycles. The lowest BCUT2D eigenvalue weighted by Gasteiger charge is -2.34. The zero-order valence-corrected chi connectivity index (χ0v) is 22.7. The second-order valence-electron chi connectivity index (χ2n) is 10.8. The van der Waals surface area contributed by atoms with E-state index in [9.17, 15) is 9.90 Å². The predicted octanol–water partition coefficient (Wildman–Crippen LogP) is 6.46. The van der Waals surface area contributed by atoms with Crippen LogP contribution in [0.2, 0.25) is 0 Å². The summed E-state index contributed by atoms with van der Waals surface area (Å²) in [5.74, 6) is 0.296. The van der Waals surface area contributed by atoms with Gasteiger partial charge >= 0.3 is 5.97 Å². The number of hydrogen-bond acceptors (Lipinski definition) is 5. The fourth-order valence-corrected chi connectivity index (χ4v) is 5.74. The van der Waals surface area contributed by atoms with Crippen LogP contribution < -0.4 is 9.47 Å². The van der Waals surface area contributed by atoms with Crippen LogP contribution in [0.5, 0.6) is 11.6 Å². The summed E-state index contributed by atoms with van der Waals surface area (Å²) in [5, 5.41) is 9.32. The number of benzene rings is 2. The topological polar surface area (TPSA) is 71.9 Å². The highest BCUT2D eigenvalue weighted by Crippen LogP contribution is 2.38. The number of aliphatic carboxylic acids is 1. The number of piperidine rings is 1. The molecule has 0 aliphatic carbocycles. The van der Waals surface area contributed by atoms with Gasteiger partial charge in [0.2, 0.25) is 5.88 Å². The Labute approximate surface area is 225 Å². The zero-order chi connectivity index (χ0) is 26.6. The number of aromatic nitrogens is 1. The van der Waals surface area contributed by atoms with Crippen LogP contribution in [-0.2, 0) is 24.2 Å². The van der Waals surface area contributed by atoms with Crippen molar-refractivity contribution in [3.8, 4) is 22.8 Å². The molecule has 0 saturated carbocycles. The number of carboxylic acid groups (broad SMARTS) is 1. The minimum atomic E-state index is -0.774. The summed E-state index contributed by atoms with van der Waals surface area (Å²) in [6.45, 7) is 6.10. The number of carboxylic acids is 1. The quantitative estimate of drug-likeness (QED) is 0.372. The smallest absolute Gasteiger partial charge is 0.306 e. The Balaban J connectivity index is 1.44. The van der Waals surface area contributed by atoms with E-state index < -0.39 is 11.9 Å². The molecule has 6 heteroatoms. The van der Waals surface area contributed by atoms with Gasteiger partial charge in [-0.05, 0) is 91.1 Å². The highest BCUT2D eigenvalue weighted by molar-refractivity contribution is 5.70. The standard InChI is InChI=1S/C32H38N2O4/c1-21(32(35)36)16-23-7-8-24-10-12-29(38-30(24)17-23)26-9-11-28(25-13-14-33-31(19-25)37-3)27(18-26)20-34-15-5-4-6-22(34)2/h7-9,11,13-14,17-19,21-22,29H,4-6,10,12,15-16,20H2,1-3H3,(H,35,36)/t21?,22?,29-/m0/s1. The van der Waals surface area contributed by atoms with E-state index in [0.29, 0.717) is 18.3 Å². The van der Waals surface area contributed by atoms with Crippen molar-refractivity contribution in [1.29, 1.82) is 0 Å². The van der Waals surface area contributed by atoms with E-state index >= 15 is 0 Å². The Morgan fingerprint density at radius 1 is 1.16 bits per heavy atom. The van der Waals surface area contributed by atoms with Gasteiger partial charge in [-0.3, -0.25) is 9.69 Å². The van der Waals surface area contributed by atoms with Crippen LogP contribution in [-0.4, -0.2) is 40.7 Å². The van der Waals surface area contributed by atoms with Crippen molar-refractivity contribution in [3.05, 3.63) is 77.0 Å². The molecule has 2 aromatic carbocycles. The average Bonchev–Trinajstić information content (AvgIpc) is 2.94. The van der Waals surface area contributed by atoms with E-state index in [1.807, 2.05) is 24.3 Å². The Morgan fingerprint density at radius 3 is 2.82 bits per heavy atom. The van der Waals surface area contributed by atoms with Gasteiger partial charge in [-0.15, -0.1) is 0 Å². The molecular formula is C32H38N2O4. The monoisotopic (exact) mass is 514 g/mol. The molecule has 1 saturated heterocycles. The number of methoxy groups -OCH3 is 1. The van der Waals surface area contributed by atoms with E-state index in [1.165, 1.54) is 41.5 Å². The molecule has 0 amide bonds. The maximum atomic E-state index is 11.3. The Hall–Kier alpha value is -3.38. The summed E-state index contributed by atoms with van der Waals surface area (Å²) in [6, 6.07) is 17.5. The predicted molar refractivity (Wildman–Crippen MR) is 149 cm³/mol. The van der Waals surface area contributed by atoms with Crippen LogP contribution in [0, 0.1) is 5.92 Å². The lowest BCUT2D eigenvalue weighted by Crippen LogP contribution is -2.36. The lowest BCUT2D eigenvalue weighted by molar-refractivity contribution is -0.141. The van der Waals surface area contributed by atoms with Crippen molar-refractivity contribution in [2.75, 3.05) is 13.7 Å². The first-order valence-corrected chi connectivity index (χ1v) is 13.8. The van der Waals surface area contributed by atoms with Crippen molar-refractivity contribution >= 4 is 5.97 Å². The van der Waals surface area contributed by atoms with Gasteiger partial charge in [0.25, 0.3) is 0 Å². The van der Waals surface area contributed by atoms with Gasteiger partial charge in [0.1, 0.15) is 11.9 Å². The van der Waals surface area contributed by atoms with E-state index in [2.05, 4.69) is 41.1 Å². The maximum Gasteiger partial charge on any atom is 0.306 e. The molecule has 0 spiro atoms. The molecule has 2 aliphatic rings. The number of pyridine rings is 1. The van der Waals surface area contributed by atoms with Crippen LogP contribution in [0.4, 0.5) is 0 Å². The summed E-state index contributed by atoms with van der Waals surface area (Å²) >= 11 is 0. The summed E-state index contributed by atoms with van der Waals surface area (Å²) in [7, 11) is 1.65. The Morgan fingerprint density at radius 2 is 2.03 bits per heavy atom. The van der Waals surface area contributed by atoms with Crippen LogP contribution in [0.25, 0.3) is 11.1 Å². The molecule has 1 fully saturated rings. The molecule has 3 heterocycles. The Kier molecular flexibility index (Phi) is 7.98. The first-order chi connectivity index (χ1) is 18.4. The summed E-state index contributed by atoms with van der Waals surface area (Å²) in [6.07, 6.45) is 7.91. The lowest BCUT2D eigenvalue weighted by atomic mass is 9.91. The molecule has 3 aromatic rings. The van der Waals surface area contributed by atoms with Crippen molar-refractivity contribution in [1.82, 2.24) is 9.88 Å². The van der Waals surface area contributed by atoms with Crippen LogP contribution in [0.1, 0.15) is 67.9 Å². The first-order valence-electron chi connectivity index (χ1n) is 13.8. The number of carbonyl (C=O) groups is 1. The van der Waals surface area contributed by atoms with Gasteiger partial charge < -0.3 is 14.6 Å². The third kappa shape index (κ3) is 5.86. The van der Waals surface area contributed by atoms with Gasteiger partial charge in [-0.25, -0.2) is 4.98 Å². The molecule has 200 valence electrons.